The summed E-state index contributed by atoms with van der Waals surface area (Å²) in [5, 5.41) is 10.9. The van der Waals surface area contributed by atoms with Crippen LogP contribution in [0.2, 0.25) is 0 Å². The SMILES string of the molecule is COc1ccc(O)c(-c2nc3ccccc3s2)c1OC. The number of thiazole rings is 1. The number of aromatic hydroxyl groups is 1. The van der Waals surface area contributed by atoms with Crippen LogP contribution in [0.3, 0.4) is 0 Å². The van der Waals surface area contributed by atoms with Gasteiger partial charge in [0.1, 0.15) is 10.8 Å². The van der Waals surface area contributed by atoms with E-state index in [0.717, 1.165) is 10.2 Å². The third-order valence-electron chi connectivity index (χ3n) is 3.03. The van der Waals surface area contributed by atoms with Gasteiger partial charge in [-0.05, 0) is 24.3 Å². The number of hydrogen-bond acceptors (Lipinski definition) is 5. The van der Waals surface area contributed by atoms with Crippen molar-refractivity contribution >= 4 is 21.6 Å². The smallest absolute Gasteiger partial charge is 0.174 e. The highest BCUT2D eigenvalue weighted by Gasteiger charge is 2.19. The lowest BCUT2D eigenvalue weighted by molar-refractivity contribution is 0.353. The molecule has 0 fully saturated rings. The Morgan fingerprint density at radius 3 is 2.55 bits per heavy atom. The molecule has 5 heteroatoms. The Labute approximate surface area is 120 Å². The van der Waals surface area contributed by atoms with Gasteiger partial charge in [-0.1, -0.05) is 12.1 Å². The van der Waals surface area contributed by atoms with Crippen molar-refractivity contribution in [2.24, 2.45) is 0 Å². The maximum atomic E-state index is 10.2. The van der Waals surface area contributed by atoms with Crippen molar-refractivity contribution < 1.29 is 14.6 Å². The van der Waals surface area contributed by atoms with Crippen LogP contribution in [0.25, 0.3) is 20.8 Å². The van der Waals surface area contributed by atoms with Crippen molar-refractivity contribution in [3.8, 4) is 27.8 Å². The Morgan fingerprint density at radius 1 is 1.05 bits per heavy atom. The van der Waals surface area contributed by atoms with Crippen molar-refractivity contribution in [3.05, 3.63) is 36.4 Å². The summed E-state index contributed by atoms with van der Waals surface area (Å²) in [6.45, 7) is 0. The first-order chi connectivity index (χ1) is 9.74. The Balaban J connectivity index is 2.27. The lowest BCUT2D eigenvalue weighted by atomic mass is 10.1. The zero-order valence-electron chi connectivity index (χ0n) is 11.1. The van der Waals surface area contributed by atoms with E-state index in [9.17, 15) is 5.11 Å². The Morgan fingerprint density at radius 2 is 1.85 bits per heavy atom. The second-order valence-corrected chi connectivity index (χ2v) is 5.21. The molecule has 0 saturated heterocycles. The summed E-state index contributed by atoms with van der Waals surface area (Å²) < 4.78 is 11.7. The minimum Gasteiger partial charge on any atom is -0.507 e. The zero-order valence-corrected chi connectivity index (χ0v) is 11.9. The van der Waals surface area contributed by atoms with E-state index in [-0.39, 0.29) is 5.75 Å². The summed E-state index contributed by atoms with van der Waals surface area (Å²) in [4.78, 5) is 4.55. The molecular weight excluding hydrogens is 274 g/mol. The highest BCUT2D eigenvalue weighted by molar-refractivity contribution is 7.21. The normalized spacial score (nSPS) is 10.7. The van der Waals surface area contributed by atoms with Crippen molar-refractivity contribution in [2.75, 3.05) is 14.2 Å². The van der Waals surface area contributed by atoms with Crippen LogP contribution in [-0.2, 0) is 0 Å². The van der Waals surface area contributed by atoms with E-state index in [2.05, 4.69) is 4.98 Å². The van der Waals surface area contributed by atoms with Crippen LogP contribution in [0.5, 0.6) is 17.2 Å². The number of para-hydroxylation sites is 1. The summed E-state index contributed by atoms with van der Waals surface area (Å²) in [5.41, 5.74) is 1.46. The van der Waals surface area contributed by atoms with Gasteiger partial charge in [0.25, 0.3) is 0 Å². The second kappa shape index (κ2) is 5.02. The number of phenolic OH excluding ortho intramolecular Hbond substituents is 1. The largest absolute Gasteiger partial charge is 0.507 e. The minimum atomic E-state index is 0.127. The van der Waals surface area contributed by atoms with E-state index in [4.69, 9.17) is 9.47 Å². The van der Waals surface area contributed by atoms with E-state index in [1.54, 1.807) is 26.4 Å². The summed E-state index contributed by atoms with van der Waals surface area (Å²) in [6.07, 6.45) is 0. The molecule has 1 N–H and O–H groups in total. The third-order valence-corrected chi connectivity index (χ3v) is 4.09. The van der Waals surface area contributed by atoms with Gasteiger partial charge >= 0.3 is 0 Å². The fraction of sp³-hybridized carbons (Fsp3) is 0.133. The fourth-order valence-corrected chi connectivity index (χ4v) is 3.12. The molecule has 0 saturated carbocycles. The molecule has 0 unspecified atom stereocenters. The average Bonchev–Trinajstić information content (AvgIpc) is 2.90. The van der Waals surface area contributed by atoms with Gasteiger partial charge in [0.2, 0.25) is 0 Å². The van der Waals surface area contributed by atoms with Crippen LogP contribution in [0.1, 0.15) is 0 Å². The molecule has 0 spiro atoms. The Bertz CT molecular complexity index is 734. The molecule has 1 aromatic heterocycles. The molecule has 3 aromatic rings. The first-order valence-corrected chi connectivity index (χ1v) is 6.86. The lowest BCUT2D eigenvalue weighted by Gasteiger charge is -2.12. The van der Waals surface area contributed by atoms with Crippen LogP contribution in [0.15, 0.2) is 36.4 Å². The molecule has 3 rings (SSSR count). The molecule has 4 nitrogen and oxygen atoms in total. The number of hydrogen-bond donors (Lipinski definition) is 1. The molecular formula is C15H13NO3S. The molecule has 0 aliphatic carbocycles. The van der Waals surface area contributed by atoms with Gasteiger partial charge in [-0.3, -0.25) is 0 Å². The van der Waals surface area contributed by atoms with Gasteiger partial charge in [-0.25, -0.2) is 4.98 Å². The predicted molar refractivity (Wildman–Crippen MR) is 79.8 cm³/mol. The average molecular weight is 287 g/mol. The number of benzene rings is 2. The molecule has 2 aromatic carbocycles. The summed E-state index contributed by atoms with van der Waals surface area (Å²) >= 11 is 1.51. The number of nitrogens with zero attached hydrogens (tertiary/aromatic N) is 1. The second-order valence-electron chi connectivity index (χ2n) is 4.18. The standard InChI is InChI=1S/C15H13NO3S/c1-18-11-8-7-10(17)13(14(11)19-2)15-16-9-5-3-4-6-12(9)20-15/h3-8,17H,1-2H3. The van der Waals surface area contributed by atoms with Crippen LogP contribution < -0.4 is 9.47 Å². The van der Waals surface area contributed by atoms with E-state index in [0.29, 0.717) is 22.1 Å². The zero-order chi connectivity index (χ0) is 14.1. The van der Waals surface area contributed by atoms with Crippen LogP contribution in [-0.4, -0.2) is 24.3 Å². The maximum absolute atomic E-state index is 10.2. The minimum absolute atomic E-state index is 0.127. The number of fused-ring (bicyclic) bond motifs is 1. The number of aromatic nitrogens is 1. The molecule has 0 amide bonds. The van der Waals surface area contributed by atoms with Crippen molar-refractivity contribution in [1.29, 1.82) is 0 Å². The number of ether oxygens (including phenoxy) is 2. The molecule has 0 bridgehead atoms. The molecule has 0 aliphatic heterocycles. The number of rotatable bonds is 3. The quantitative estimate of drug-likeness (QED) is 0.798. The molecule has 0 atom stereocenters. The van der Waals surface area contributed by atoms with Gasteiger partial charge in [-0.2, -0.15) is 0 Å². The van der Waals surface area contributed by atoms with E-state index in [1.165, 1.54) is 11.3 Å². The van der Waals surface area contributed by atoms with Crippen molar-refractivity contribution in [2.45, 2.75) is 0 Å². The lowest BCUT2D eigenvalue weighted by Crippen LogP contribution is -1.93. The number of methoxy groups -OCH3 is 2. The van der Waals surface area contributed by atoms with Crippen LogP contribution in [0, 0.1) is 0 Å². The first-order valence-electron chi connectivity index (χ1n) is 6.04. The van der Waals surface area contributed by atoms with E-state index < -0.39 is 0 Å². The first kappa shape index (κ1) is 12.7. The van der Waals surface area contributed by atoms with Crippen LogP contribution >= 0.6 is 11.3 Å². The van der Waals surface area contributed by atoms with Gasteiger partial charge in [-0.15, -0.1) is 11.3 Å². The maximum Gasteiger partial charge on any atom is 0.174 e. The Hall–Kier alpha value is -2.27. The van der Waals surface area contributed by atoms with Gasteiger partial charge in [0, 0.05) is 0 Å². The number of phenols is 1. The van der Waals surface area contributed by atoms with Crippen molar-refractivity contribution in [3.63, 3.8) is 0 Å². The van der Waals surface area contributed by atoms with Crippen LogP contribution in [0.4, 0.5) is 0 Å². The summed E-state index contributed by atoms with van der Waals surface area (Å²) in [5.74, 6) is 1.19. The van der Waals surface area contributed by atoms with E-state index >= 15 is 0 Å². The summed E-state index contributed by atoms with van der Waals surface area (Å²) in [6, 6.07) is 11.1. The van der Waals surface area contributed by atoms with Crippen molar-refractivity contribution in [1.82, 2.24) is 4.98 Å². The predicted octanol–water partition coefficient (Wildman–Crippen LogP) is 3.69. The van der Waals surface area contributed by atoms with Gasteiger partial charge < -0.3 is 14.6 Å². The van der Waals surface area contributed by atoms with Gasteiger partial charge in [0.05, 0.1) is 30.0 Å². The molecule has 0 aliphatic rings. The van der Waals surface area contributed by atoms with Gasteiger partial charge in [0.15, 0.2) is 11.5 Å². The molecule has 20 heavy (non-hydrogen) atoms. The highest BCUT2D eigenvalue weighted by Crippen LogP contribution is 2.45. The fourth-order valence-electron chi connectivity index (χ4n) is 2.10. The van der Waals surface area contributed by atoms with E-state index in [1.807, 2.05) is 24.3 Å². The molecule has 102 valence electrons. The highest BCUT2D eigenvalue weighted by atomic mass is 32.1. The third kappa shape index (κ3) is 1.96. The molecule has 0 radical (unpaired) electrons. The summed E-state index contributed by atoms with van der Waals surface area (Å²) in [7, 11) is 3.12. The topological polar surface area (TPSA) is 51.6 Å². The molecule has 1 heterocycles. The Kier molecular flexibility index (Phi) is 3.20. The monoisotopic (exact) mass is 287 g/mol.